The summed E-state index contributed by atoms with van der Waals surface area (Å²) in [5.41, 5.74) is 1.76. The molecule has 2 rings (SSSR count). The first kappa shape index (κ1) is 14.7. The molecule has 1 aliphatic rings. The number of rotatable bonds is 3. The average Bonchev–Trinajstić information content (AvgIpc) is 2.43. The lowest BCUT2D eigenvalue weighted by Crippen LogP contribution is -2.11. The fourth-order valence-electron chi connectivity index (χ4n) is 2.78. The molecule has 0 fully saturated rings. The van der Waals surface area contributed by atoms with Crippen LogP contribution in [-0.4, -0.2) is 17.7 Å². The van der Waals surface area contributed by atoms with Gasteiger partial charge in [0.15, 0.2) is 12.4 Å². The van der Waals surface area contributed by atoms with E-state index in [1.165, 1.54) is 18.9 Å². The maximum absolute atomic E-state index is 12.0. The summed E-state index contributed by atoms with van der Waals surface area (Å²) in [4.78, 5) is 10.6. The Hall–Kier alpha value is -1.71. The molecule has 109 valence electrons. The summed E-state index contributed by atoms with van der Waals surface area (Å²) < 4.78 is 5.35. The van der Waals surface area contributed by atoms with Crippen molar-refractivity contribution in [3.63, 3.8) is 0 Å². The molecule has 20 heavy (non-hydrogen) atoms. The van der Waals surface area contributed by atoms with Gasteiger partial charge in [0.2, 0.25) is 0 Å². The van der Waals surface area contributed by atoms with Gasteiger partial charge in [-0.2, -0.15) is 0 Å². The monoisotopic (exact) mass is 277 g/mol. The molecule has 1 radical (unpaired) electrons. The van der Waals surface area contributed by atoms with Crippen LogP contribution in [-0.2, 0) is 22.7 Å². The molecule has 1 aromatic carbocycles. The van der Waals surface area contributed by atoms with Crippen molar-refractivity contribution in [1.82, 2.24) is 0 Å². The summed E-state index contributed by atoms with van der Waals surface area (Å²) >= 11 is 0. The maximum Gasteiger partial charge on any atom is 0.341 e. The Labute approximate surface area is 119 Å². The van der Waals surface area contributed by atoms with Gasteiger partial charge in [-0.05, 0) is 37.8 Å². The van der Waals surface area contributed by atoms with Crippen LogP contribution in [0.25, 0.3) is 0 Å². The molecule has 0 unspecified atom stereocenters. The number of ether oxygens (including phenoxy) is 1. The van der Waals surface area contributed by atoms with Gasteiger partial charge in [0.25, 0.3) is 0 Å². The second-order valence-corrected chi connectivity index (χ2v) is 5.32. The SMILES string of the molecule is [O]c1ccc(OCC(=O)O)c2c1CCCCCCCC2. The summed E-state index contributed by atoms with van der Waals surface area (Å²) in [6, 6.07) is 3.12. The number of carboxylic acids is 1. The molecular formula is C16H21O4. The number of benzene rings is 1. The highest BCUT2D eigenvalue weighted by molar-refractivity contribution is 5.68. The van der Waals surface area contributed by atoms with Crippen molar-refractivity contribution in [2.45, 2.75) is 51.4 Å². The van der Waals surface area contributed by atoms with Crippen molar-refractivity contribution < 1.29 is 19.7 Å². The van der Waals surface area contributed by atoms with Crippen LogP contribution in [0, 0.1) is 0 Å². The predicted molar refractivity (Wildman–Crippen MR) is 74.8 cm³/mol. The van der Waals surface area contributed by atoms with E-state index in [-0.39, 0.29) is 12.4 Å². The molecule has 0 amide bonds. The lowest BCUT2D eigenvalue weighted by atomic mass is 9.93. The topological polar surface area (TPSA) is 66.4 Å². The molecule has 0 spiro atoms. The Morgan fingerprint density at radius 3 is 2.25 bits per heavy atom. The van der Waals surface area contributed by atoms with Crippen LogP contribution in [0.5, 0.6) is 11.5 Å². The van der Waals surface area contributed by atoms with Gasteiger partial charge in [0.1, 0.15) is 5.75 Å². The second kappa shape index (κ2) is 7.17. The Balaban J connectivity index is 2.26. The lowest BCUT2D eigenvalue weighted by Gasteiger charge is -2.17. The molecular weight excluding hydrogens is 256 g/mol. The molecule has 0 aromatic heterocycles. The molecule has 0 aliphatic heterocycles. The Kier molecular flexibility index (Phi) is 5.27. The van der Waals surface area contributed by atoms with E-state index in [9.17, 15) is 9.90 Å². The van der Waals surface area contributed by atoms with Gasteiger partial charge in [-0.15, -0.1) is 0 Å². The van der Waals surface area contributed by atoms with Gasteiger partial charge in [-0.25, -0.2) is 4.79 Å². The summed E-state index contributed by atoms with van der Waals surface area (Å²) in [6.07, 6.45) is 8.40. The number of carbonyl (C=O) groups is 1. The summed E-state index contributed by atoms with van der Waals surface area (Å²) in [7, 11) is 0. The van der Waals surface area contributed by atoms with Gasteiger partial charge in [-0.1, -0.05) is 25.7 Å². The third-order valence-electron chi connectivity index (χ3n) is 3.80. The highest BCUT2D eigenvalue weighted by Gasteiger charge is 2.16. The fraction of sp³-hybridized carbons (Fsp3) is 0.562. The molecule has 0 saturated heterocycles. The standard InChI is InChI=1S/C16H21O4/c17-14-9-10-15(20-11-16(18)19)13-8-6-4-2-1-3-5-7-12(13)14/h9-10H,1-8,11H2,(H,18,19). The minimum absolute atomic E-state index is 0.0586. The van der Waals surface area contributed by atoms with E-state index in [4.69, 9.17) is 9.84 Å². The van der Waals surface area contributed by atoms with E-state index < -0.39 is 5.97 Å². The van der Waals surface area contributed by atoms with E-state index in [2.05, 4.69) is 0 Å². The molecule has 0 atom stereocenters. The highest BCUT2D eigenvalue weighted by Crippen LogP contribution is 2.34. The van der Waals surface area contributed by atoms with E-state index >= 15 is 0 Å². The second-order valence-electron chi connectivity index (χ2n) is 5.32. The minimum atomic E-state index is -0.996. The Bertz CT molecular complexity index is 468. The Morgan fingerprint density at radius 2 is 1.60 bits per heavy atom. The summed E-state index contributed by atoms with van der Waals surface area (Å²) in [5, 5.41) is 20.8. The lowest BCUT2D eigenvalue weighted by molar-refractivity contribution is -0.139. The van der Waals surface area contributed by atoms with Crippen molar-refractivity contribution in [3.8, 4) is 11.5 Å². The van der Waals surface area contributed by atoms with Gasteiger partial charge in [0.05, 0.1) is 0 Å². The van der Waals surface area contributed by atoms with Crippen molar-refractivity contribution in [2.24, 2.45) is 0 Å². The van der Waals surface area contributed by atoms with Crippen molar-refractivity contribution in [2.75, 3.05) is 6.61 Å². The van der Waals surface area contributed by atoms with E-state index in [0.29, 0.717) is 5.75 Å². The molecule has 1 aromatic rings. The van der Waals surface area contributed by atoms with Gasteiger partial charge < -0.3 is 9.84 Å². The molecule has 0 heterocycles. The Morgan fingerprint density at radius 1 is 1.00 bits per heavy atom. The number of hydrogen-bond acceptors (Lipinski definition) is 2. The van der Waals surface area contributed by atoms with Crippen LogP contribution in [0.15, 0.2) is 12.1 Å². The first-order valence-electron chi connectivity index (χ1n) is 7.35. The first-order chi connectivity index (χ1) is 9.68. The molecule has 0 saturated carbocycles. The normalized spacial score (nSPS) is 16.2. The maximum atomic E-state index is 12.0. The van der Waals surface area contributed by atoms with Crippen molar-refractivity contribution in [3.05, 3.63) is 23.3 Å². The molecule has 0 bridgehead atoms. The van der Waals surface area contributed by atoms with Gasteiger partial charge >= 0.3 is 5.97 Å². The zero-order chi connectivity index (χ0) is 14.4. The third-order valence-corrected chi connectivity index (χ3v) is 3.80. The molecule has 4 heteroatoms. The largest absolute Gasteiger partial charge is 0.482 e. The zero-order valence-corrected chi connectivity index (χ0v) is 11.7. The number of hydrogen-bond donors (Lipinski definition) is 1. The van der Waals surface area contributed by atoms with Crippen LogP contribution < -0.4 is 4.74 Å². The third kappa shape index (κ3) is 3.89. The van der Waals surface area contributed by atoms with Crippen LogP contribution in [0.3, 0.4) is 0 Å². The summed E-state index contributed by atoms with van der Waals surface area (Å²) in [6.45, 7) is -0.357. The molecule has 1 aliphatic carbocycles. The molecule has 4 nitrogen and oxygen atoms in total. The van der Waals surface area contributed by atoms with E-state index in [1.807, 2.05) is 0 Å². The number of carboxylic acid groups (broad SMARTS) is 1. The van der Waals surface area contributed by atoms with Crippen LogP contribution in [0.2, 0.25) is 0 Å². The average molecular weight is 277 g/mol. The smallest absolute Gasteiger partial charge is 0.341 e. The van der Waals surface area contributed by atoms with E-state index in [1.54, 1.807) is 6.07 Å². The number of fused-ring (bicyclic) bond motifs is 1. The van der Waals surface area contributed by atoms with Crippen LogP contribution in [0.1, 0.15) is 49.7 Å². The van der Waals surface area contributed by atoms with Gasteiger partial charge in [0, 0.05) is 11.1 Å². The minimum Gasteiger partial charge on any atom is -0.482 e. The van der Waals surface area contributed by atoms with Gasteiger partial charge in [-0.3, -0.25) is 5.11 Å². The fourth-order valence-corrected chi connectivity index (χ4v) is 2.78. The summed E-state index contributed by atoms with van der Waals surface area (Å²) in [5.74, 6) is -0.365. The zero-order valence-electron chi connectivity index (χ0n) is 11.7. The first-order valence-corrected chi connectivity index (χ1v) is 7.35. The molecule has 1 N–H and O–H groups in total. The predicted octanol–water partition coefficient (Wildman–Crippen LogP) is 3.73. The van der Waals surface area contributed by atoms with Crippen LogP contribution in [0.4, 0.5) is 0 Å². The van der Waals surface area contributed by atoms with Crippen LogP contribution >= 0.6 is 0 Å². The highest BCUT2D eigenvalue weighted by atomic mass is 16.5. The number of aliphatic carboxylic acids is 1. The van der Waals surface area contributed by atoms with E-state index in [0.717, 1.165) is 49.7 Å². The van der Waals surface area contributed by atoms with Crippen molar-refractivity contribution in [1.29, 1.82) is 0 Å². The van der Waals surface area contributed by atoms with Crippen molar-refractivity contribution >= 4 is 5.97 Å². The quantitative estimate of drug-likeness (QED) is 0.915.